The average molecular weight is 283 g/mol. The van der Waals surface area contributed by atoms with Crippen molar-refractivity contribution in [3.05, 3.63) is 29.8 Å². The predicted molar refractivity (Wildman–Crippen MR) is 71.9 cm³/mol. The molecular formula is C13H17NO4S. The zero-order valence-corrected chi connectivity index (χ0v) is 11.6. The van der Waals surface area contributed by atoms with Crippen molar-refractivity contribution in [2.24, 2.45) is 0 Å². The minimum absolute atomic E-state index is 0.0290. The van der Waals surface area contributed by atoms with E-state index in [4.69, 9.17) is 9.84 Å². The summed E-state index contributed by atoms with van der Waals surface area (Å²) in [5.74, 6) is -0.536. The molecule has 1 saturated heterocycles. The van der Waals surface area contributed by atoms with Gasteiger partial charge in [-0.05, 0) is 31.3 Å². The van der Waals surface area contributed by atoms with Crippen LogP contribution in [0, 0.1) is 0 Å². The molecule has 1 fully saturated rings. The van der Waals surface area contributed by atoms with Crippen molar-refractivity contribution in [1.29, 1.82) is 0 Å². The molecule has 1 heterocycles. The van der Waals surface area contributed by atoms with Crippen LogP contribution in [0.25, 0.3) is 0 Å². The van der Waals surface area contributed by atoms with Crippen LogP contribution >= 0.6 is 0 Å². The van der Waals surface area contributed by atoms with Gasteiger partial charge in [0.25, 0.3) is 0 Å². The molecule has 0 spiro atoms. The number of carbonyl (C=O) groups is 1. The summed E-state index contributed by atoms with van der Waals surface area (Å²) in [4.78, 5) is 13.5. The summed E-state index contributed by atoms with van der Waals surface area (Å²) in [5, 5.41) is 8.80. The van der Waals surface area contributed by atoms with Crippen LogP contribution in [0.5, 0.6) is 0 Å². The summed E-state index contributed by atoms with van der Waals surface area (Å²) in [7, 11) is 0.852. The second kappa shape index (κ2) is 6.27. The number of carboxylic acid groups (broad SMARTS) is 1. The number of benzene rings is 1. The largest absolute Gasteiger partial charge is 0.478 e. The zero-order valence-electron chi connectivity index (χ0n) is 10.7. The number of rotatable bonds is 4. The molecule has 0 bridgehead atoms. The number of nitrogens with zero attached hydrogens (tertiary/aromatic N) is 1. The molecule has 1 aliphatic heterocycles. The van der Waals surface area contributed by atoms with Crippen LogP contribution in [0.15, 0.2) is 29.2 Å². The zero-order chi connectivity index (χ0) is 13.8. The predicted octanol–water partition coefficient (Wildman–Crippen LogP) is 0.823. The Bertz CT molecular complexity index is 474. The molecule has 1 aromatic carbocycles. The first-order chi connectivity index (χ1) is 9.06. The van der Waals surface area contributed by atoms with E-state index in [-0.39, 0.29) is 11.7 Å². The Balaban J connectivity index is 1.97. The second-order valence-electron chi connectivity index (χ2n) is 4.60. The van der Waals surface area contributed by atoms with Gasteiger partial charge in [0.2, 0.25) is 0 Å². The van der Waals surface area contributed by atoms with Crippen LogP contribution in [-0.4, -0.2) is 58.8 Å². The first-order valence-corrected chi connectivity index (χ1v) is 7.40. The molecule has 0 saturated carbocycles. The van der Waals surface area contributed by atoms with E-state index in [1.54, 1.807) is 12.1 Å². The molecule has 2 unspecified atom stereocenters. The Morgan fingerprint density at radius 1 is 1.47 bits per heavy atom. The Morgan fingerprint density at radius 2 is 2.16 bits per heavy atom. The van der Waals surface area contributed by atoms with Crippen molar-refractivity contribution in [2.45, 2.75) is 11.0 Å². The second-order valence-corrected chi connectivity index (χ2v) is 6.09. The van der Waals surface area contributed by atoms with E-state index in [1.165, 1.54) is 12.1 Å². The number of hydrogen-bond donors (Lipinski definition) is 1. The Morgan fingerprint density at radius 3 is 2.74 bits per heavy atom. The normalized spacial score (nSPS) is 22.1. The molecule has 0 aliphatic carbocycles. The summed E-state index contributed by atoms with van der Waals surface area (Å²) < 4.78 is 17.7. The van der Waals surface area contributed by atoms with Crippen molar-refractivity contribution >= 4 is 16.8 Å². The van der Waals surface area contributed by atoms with Gasteiger partial charge in [-0.3, -0.25) is 4.21 Å². The molecule has 1 aliphatic rings. The number of likely N-dealkylation sites (N-methyl/N-ethyl adjacent to an activating group) is 1. The van der Waals surface area contributed by atoms with Crippen molar-refractivity contribution in [2.75, 3.05) is 32.5 Å². The lowest BCUT2D eigenvalue weighted by molar-refractivity contribution is -0.00641. The summed E-state index contributed by atoms with van der Waals surface area (Å²) in [6.07, 6.45) is -0.0290. The third-order valence-corrected chi connectivity index (χ3v) is 4.52. The quantitative estimate of drug-likeness (QED) is 0.886. The van der Waals surface area contributed by atoms with Gasteiger partial charge < -0.3 is 14.7 Å². The van der Waals surface area contributed by atoms with Gasteiger partial charge in [-0.2, -0.15) is 0 Å². The van der Waals surface area contributed by atoms with Gasteiger partial charge in [0.1, 0.15) is 0 Å². The number of ether oxygens (including phenoxy) is 1. The van der Waals surface area contributed by atoms with Gasteiger partial charge in [0, 0.05) is 18.0 Å². The van der Waals surface area contributed by atoms with E-state index in [9.17, 15) is 9.00 Å². The van der Waals surface area contributed by atoms with Gasteiger partial charge in [-0.1, -0.05) is 0 Å². The highest BCUT2D eigenvalue weighted by Crippen LogP contribution is 2.13. The average Bonchev–Trinajstić information content (AvgIpc) is 2.39. The third kappa shape index (κ3) is 3.86. The third-order valence-electron chi connectivity index (χ3n) is 3.04. The molecule has 19 heavy (non-hydrogen) atoms. The highest BCUT2D eigenvalue weighted by molar-refractivity contribution is 7.85. The smallest absolute Gasteiger partial charge is 0.335 e. The molecule has 1 aromatic rings. The molecule has 0 aromatic heterocycles. The molecule has 1 N–H and O–H groups in total. The topological polar surface area (TPSA) is 66.8 Å². The summed E-state index contributed by atoms with van der Waals surface area (Å²) in [6.45, 7) is 2.34. The number of morpholine rings is 1. The lowest BCUT2D eigenvalue weighted by Crippen LogP contribution is -2.42. The highest BCUT2D eigenvalue weighted by Gasteiger charge is 2.20. The van der Waals surface area contributed by atoms with E-state index in [0.717, 1.165) is 13.1 Å². The molecule has 2 rings (SSSR count). The molecule has 0 radical (unpaired) electrons. The minimum atomic E-state index is -1.16. The minimum Gasteiger partial charge on any atom is -0.478 e. The van der Waals surface area contributed by atoms with Crippen molar-refractivity contribution in [3.63, 3.8) is 0 Å². The maximum Gasteiger partial charge on any atom is 0.335 e. The molecular weight excluding hydrogens is 266 g/mol. The van der Waals surface area contributed by atoms with Crippen LogP contribution < -0.4 is 0 Å². The fourth-order valence-electron chi connectivity index (χ4n) is 1.98. The van der Waals surface area contributed by atoms with E-state index in [2.05, 4.69) is 4.90 Å². The first-order valence-electron chi connectivity index (χ1n) is 6.08. The maximum absolute atomic E-state index is 12.2. The molecule has 0 amide bonds. The Kier molecular flexibility index (Phi) is 4.68. The van der Waals surface area contributed by atoms with Gasteiger partial charge in [-0.25, -0.2) is 4.79 Å². The van der Waals surface area contributed by atoms with Crippen molar-refractivity contribution < 1.29 is 18.8 Å². The van der Waals surface area contributed by atoms with Gasteiger partial charge in [0.05, 0.1) is 34.8 Å². The van der Waals surface area contributed by atoms with Gasteiger partial charge >= 0.3 is 5.97 Å². The van der Waals surface area contributed by atoms with E-state index < -0.39 is 16.8 Å². The van der Waals surface area contributed by atoms with E-state index >= 15 is 0 Å². The molecule has 6 heteroatoms. The lowest BCUT2D eigenvalue weighted by Gasteiger charge is -2.29. The van der Waals surface area contributed by atoms with Crippen molar-refractivity contribution in [3.8, 4) is 0 Å². The summed E-state index contributed by atoms with van der Waals surface area (Å²) in [5.41, 5.74) is 0.203. The molecule has 5 nitrogen and oxygen atoms in total. The van der Waals surface area contributed by atoms with Crippen LogP contribution in [0.2, 0.25) is 0 Å². The number of carboxylic acids is 1. The summed E-state index contributed by atoms with van der Waals surface area (Å²) >= 11 is 0. The van der Waals surface area contributed by atoms with Gasteiger partial charge in [-0.15, -0.1) is 0 Å². The first kappa shape index (κ1) is 14.2. The van der Waals surface area contributed by atoms with E-state index in [1.807, 2.05) is 7.05 Å². The number of hydrogen-bond acceptors (Lipinski definition) is 4. The lowest BCUT2D eigenvalue weighted by atomic mass is 10.2. The Labute approximate surface area is 114 Å². The molecule has 2 atom stereocenters. The van der Waals surface area contributed by atoms with E-state index in [0.29, 0.717) is 17.3 Å². The van der Waals surface area contributed by atoms with Crippen LogP contribution in [0.1, 0.15) is 10.4 Å². The fourth-order valence-corrected chi connectivity index (χ4v) is 3.15. The fraction of sp³-hybridized carbons (Fsp3) is 0.462. The van der Waals surface area contributed by atoms with Crippen LogP contribution in [-0.2, 0) is 15.5 Å². The van der Waals surface area contributed by atoms with Gasteiger partial charge in [0.15, 0.2) is 0 Å². The van der Waals surface area contributed by atoms with Crippen LogP contribution in [0.3, 0.4) is 0 Å². The summed E-state index contributed by atoms with van der Waals surface area (Å²) in [6, 6.07) is 6.16. The SMILES string of the molecule is CN1CCOC(CS(=O)c2ccc(C(=O)O)cc2)C1. The number of aromatic carboxylic acids is 1. The Hall–Kier alpha value is -1.24. The monoisotopic (exact) mass is 283 g/mol. The highest BCUT2D eigenvalue weighted by atomic mass is 32.2. The van der Waals surface area contributed by atoms with Crippen LogP contribution in [0.4, 0.5) is 0 Å². The maximum atomic E-state index is 12.2. The standard InChI is InChI=1S/C13H17NO4S/c1-14-6-7-18-11(8-14)9-19(17)12-4-2-10(3-5-12)13(15)16/h2-5,11H,6-9H2,1H3,(H,15,16). The van der Waals surface area contributed by atoms with Crippen molar-refractivity contribution in [1.82, 2.24) is 4.90 Å². The molecule has 104 valence electrons.